The Morgan fingerprint density at radius 1 is 1.22 bits per heavy atom. The summed E-state index contributed by atoms with van der Waals surface area (Å²) in [5.74, 6) is 2.61. The SMILES string of the molecule is CCC1CCC(CNC(=NC)NCC2(CCO)CCOC2)CC1. The molecule has 1 heterocycles. The normalized spacial score (nSPS) is 32.0. The maximum atomic E-state index is 9.30. The Kier molecular flexibility index (Phi) is 7.63. The monoisotopic (exact) mass is 325 g/mol. The largest absolute Gasteiger partial charge is 0.396 e. The molecule has 2 aliphatic rings. The Bertz CT molecular complexity index is 359. The molecule has 1 aliphatic carbocycles. The second-order valence-electron chi connectivity index (χ2n) is 7.38. The molecule has 1 unspecified atom stereocenters. The molecule has 0 amide bonds. The van der Waals surface area contributed by atoms with Gasteiger partial charge in [-0.15, -0.1) is 0 Å². The van der Waals surface area contributed by atoms with Crippen molar-refractivity contribution in [2.24, 2.45) is 22.2 Å². The number of ether oxygens (including phenoxy) is 1. The van der Waals surface area contributed by atoms with E-state index in [-0.39, 0.29) is 12.0 Å². The summed E-state index contributed by atoms with van der Waals surface area (Å²) in [5, 5.41) is 16.2. The molecule has 0 aromatic carbocycles. The van der Waals surface area contributed by atoms with E-state index in [0.29, 0.717) is 0 Å². The lowest BCUT2D eigenvalue weighted by atomic mass is 9.81. The summed E-state index contributed by atoms with van der Waals surface area (Å²) in [6, 6.07) is 0. The summed E-state index contributed by atoms with van der Waals surface area (Å²) in [6.45, 7) is 5.89. The van der Waals surface area contributed by atoms with Crippen LogP contribution in [0.1, 0.15) is 51.9 Å². The Morgan fingerprint density at radius 3 is 2.52 bits per heavy atom. The van der Waals surface area contributed by atoms with Crippen LogP contribution in [-0.2, 0) is 4.74 Å². The first-order chi connectivity index (χ1) is 11.2. The van der Waals surface area contributed by atoms with Gasteiger partial charge >= 0.3 is 0 Å². The van der Waals surface area contributed by atoms with Crippen molar-refractivity contribution in [2.45, 2.75) is 51.9 Å². The lowest BCUT2D eigenvalue weighted by molar-refractivity contribution is 0.127. The number of hydrogen-bond donors (Lipinski definition) is 3. The van der Waals surface area contributed by atoms with Crippen LogP contribution in [0.2, 0.25) is 0 Å². The highest BCUT2D eigenvalue weighted by molar-refractivity contribution is 5.79. The van der Waals surface area contributed by atoms with Gasteiger partial charge in [0.2, 0.25) is 0 Å². The minimum absolute atomic E-state index is 0.0611. The van der Waals surface area contributed by atoms with Crippen LogP contribution in [0, 0.1) is 17.3 Å². The second kappa shape index (κ2) is 9.48. The number of nitrogens with zero attached hydrogens (tertiary/aromatic N) is 1. The van der Waals surface area contributed by atoms with Gasteiger partial charge in [0.1, 0.15) is 0 Å². The topological polar surface area (TPSA) is 65.9 Å². The van der Waals surface area contributed by atoms with Crippen molar-refractivity contribution in [1.29, 1.82) is 0 Å². The van der Waals surface area contributed by atoms with E-state index in [0.717, 1.165) is 56.9 Å². The van der Waals surface area contributed by atoms with Gasteiger partial charge in [0, 0.05) is 38.8 Å². The first-order valence-electron chi connectivity index (χ1n) is 9.34. The van der Waals surface area contributed by atoms with Crippen LogP contribution in [0.15, 0.2) is 4.99 Å². The molecule has 0 radical (unpaired) electrons. The number of rotatable bonds is 7. The fourth-order valence-electron chi connectivity index (χ4n) is 3.89. The van der Waals surface area contributed by atoms with E-state index in [1.165, 1.54) is 32.1 Å². The lowest BCUT2D eigenvalue weighted by Gasteiger charge is -2.30. The molecule has 0 bridgehead atoms. The van der Waals surface area contributed by atoms with Gasteiger partial charge in [-0.2, -0.15) is 0 Å². The van der Waals surface area contributed by atoms with Crippen LogP contribution < -0.4 is 10.6 Å². The Balaban J connectivity index is 1.71. The highest BCUT2D eigenvalue weighted by Crippen LogP contribution is 2.31. The van der Waals surface area contributed by atoms with E-state index in [1.54, 1.807) is 0 Å². The van der Waals surface area contributed by atoms with E-state index in [1.807, 2.05) is 7.05 Å². The number of hydrogen-bond acceptors (Lipinski definition) is 3. The fraction of sp³-hybridized carbons (Fsp3) is 0.944. The first-order valence-corrected chi connectivity index (χ1v) is 9.34. The summed E-state index contributed by atoms with van der Waals surface area (Å²) in [7, 11) is 1.83. The molecule has 0 aromatic rings. The fourth-order valence-corrected chi connectivity index (χ4v) is 3.89. The highest BCUT2D eigenvalue weighted by Gasteiger charge is 2.34. The van der Waals surface area contributed by atoms with Crippen molar-refractivity contribution < 1.29 is 9.84 Å². The Hall–Kier alpha value is -0.810. The lowest BCUT2D eigenvalue weighted by Crippen LogP contribution is -2.45. The van der Waals surface area contributed by atoms with E-state index in [2.05, 4.69) is 22.5 Å². The van der Waals surface area contributed by atoms with Crippen molar-refractivity contribution in [3.63, 3.8) is 0 Å². The van der Waals surface area contributed by atoms with E-state index >= 15 is 0 Å². The maximum absolute atomic E-state index is 9.30. The predicted octanol–water partition coefficient (Wildman–Crippen LogP) is 2.16. The number of aliphatic hydroxyl groups excluding tert-OH is 1. The Labute approximate surface area is 141 Å². The average molecular weight is 325 g/mol. The van der Waals surface area contributed by atoms with Gasteiger partial charge in [-0.3, -0.25) is 4.99 Å². The number of aliphatic imine (C=N–C) groups is 1. The van der Waals surface area contributed by atoms with E-state index < -0.39 is 0 Å². The van der Waals surface area contributed by atoms with Crippen LogP contribution >= 0.6 is 0 Å². The van der Waals surface area contributed by atoms with Crippen molar-refractivity contribution in [2.75, 3.05) is 40.0 Å². The van der Waals surface area contributed by atoms with Gasteiger partial charge in [-0.1, -0.05) is 26.2 Å². The van der Waals surface area contributed by atoms with Crippen LogP contribution in [-0.4, -0.2) is 51.0 Å². The zero-order chi connectivity index (χ0) is 16.5. The van der Waals surface area contributed by atoms with Crippen LogP contribution in [0.25, 0.3) is 0 Å². The molecule has 23 heavy (non-hydrogen) atoms. The van der Waals surface area contributed by atoms with Gasteiger partial charge < -0.3 is 20.5 Å². The molecule has 5 heteroatoms. The summed E-state index contributed by atoms with van der Waals surface area (Å²) < 4.78 is 5.54. The quantitative estimate of drug-likeness (QED) is 0.496. The minimum atomic E-state index is 0.0611. The van der Waals surface area contributed by atoms with E-state index in [9.17, 15) is 5.11 Å². The number of guanidine groups is 1. The molecule has 2 fully saturated rings. The number of nitrogens with one attached hydrogen (secondary N) is 2. The third-order valence-corrected chi connectivity index (χ3v) is 5.78. The smallest absolute Gasteiger partial charge is 0.191 e. The molecule has 5 nitrogen and oxygen atoms in total. The average Bonchev–Trinajstić information content (AvgIpc) is 3.05. The van der Waals surface area contributed by atoms with Gasteiger partial charge in [0.25, 0.3) is 0 Å². The van der Waals surface area contributed by atoms with Crippen LogP contribution in [0.3, 0.4) is 0 Å². The molecule has 0 aromatic heterocycles. The number of aliphatic hydroxyl groups is 1. The molecular formula is C18H35N3O2. The Morgan fingerprint density at radius 2 is 1.96 bits per heavy atom. The molecule has 0 spiro atoms. The predicted molar refractivity (Wildman–Crippen MR) is 94.7 cm³/mol. The van der Waals surface area contributed by atoms with Gasteiger partial charge in [-0.05, 0) is 37.5 Å². The van der Waals surface area contributed by atoms with Crippen molar-refractivity contribution in [3.05, 3.63) is 0 Å². The maximum Gasteiger partial charge on any atom is 0.191 e. The third-order valence-electron chi connectivity index (χ3n) is 5.78. The van der Waals surface area contributed by atoms with Gasteiger partial charge in [0.15, 0.2) is 5.96 Å². The zero-order valence-electron chi connectivity index (χ0n) is 14.9. The van der Waals surface area contributed by atoms with Crippen molar-refractivity contribution >= 4 is 5.96 Å². The van der Waals surface area contributed by atoms with Crippen LogP contribution in [0.5, 0.6) is 0 Å². The molecular weight excluding hydrogens is 290 g/mol. The molecule has 1 saturated heterocycles. The molecule has 134 valence electrons. The molecule has 1 aliphatic heterocycles. The molecule has 3 N–H and O–H groups in total. The van der Waals surface area contributed by atoms with Gasteiger partial charge in [-0.25, -0.2) is 0 Å². The summed E-state index contributed by atoms with van der Waals surface area (Å²) >= 11 is 0. The second-order valence-corrected chi connectivity index (χ2v) is 7.38. The summed E-state index contributed by atoms with van der Waals surface area (Å²) in [6.07, 6.45) is 8.57. The summed E-state index contributed by atoms with van der Waals surface area (Å²) in [4.78, 5) is 4.35. The summed E-state index contributed by atoms with van der Waals surface area (Å²) in [5.41, 5.74) is 0.0611. The minimum Gasteiger partial charge on any atom is -0.396 e. The van der Waals surface area contributed by atoms with Crippen LogP contribution in [0.4, 0.5) is 0 Å². The molecule has 1 saturated carbocycles. The van der Waals surface area contributed by atoms with Crippen molar-refractivity contribution in [1.82, 2.24) is 10.6 Å². The molecule has 1 atom stereocenters. The highest BCUT2D eigenvalue weighted by atomic mass is 16.5. The van der Waals surface area contributed by atoms with Gasteiger partial charge in [0.05, 0.1) is 6.61 Å². The standard InChI is InChI=1S/C18H35N3O2/c1-3-15-4-6-16(7-5-15)12-20-17(19-2)21-13-18(8-10-22)9-11-23-14-18/h15-16,22H,3-14H2,1-2H3,(H2,19,20,21). The van der Waals surface area contributed by atoms with Crippen molar-refractivity contribution in [3.8, 4) is 0 Å². The zero-order valence-corrected chi connectivity index (χ0v) is 14.9. The first kappa shape index (κ1) is 18.5. The third kappa shape index (κ3) is 5.64. The molecule has 2 rings (SSSR count). The van der Waals surface area contributed by atoms with E-state index in [4.69, 9.17) is 4.74 Å².